The zero-order valence-electron chi connectivity index (χ0n) is 19.3. The van der Waals surface area contributed by atoms with Gasteiger partial charge in [-0.25, -0.2) is 0 Å². The number of allylic oxidation sites excluding steroid dienone is 1. The summed E-state index contributed by atoms with van der Waals surface area (Å²) < 4.78 is 12.3. The number of carbonyl (C=O) groups excluding carboxylic acids is 3. The van der Waals surface area contributed by atoms with Gasteiger partial charge in [-0.3, -0.25) is 14.4 Å². The molecular weight excluding hydrogens is 412 g/mol. The van der Waals surface area contributed by atoms with Gasteiger partial charge in [0, 0.05) is 12.6 Å². The molecule has 0 saturated carbocycles. The molecule has 176 valence electrons. The van der Waals surface area contributed by atoms with Crippen LogP contribution in [0.1, 0.15) is 47.0 Å². The Kier molecular flexibility index (Phi) is 5.96. The van der Waals surface area contributed by atoms with Crippen molar-refractivity contribution in [1.82, 2.24) is 9.80 Å². The third kappa shape index (κ3) is 3.30. The highest BCUT2D eigenvalue weighted by Gasteiger charge is 2.75. The summed E-state index contributed by atoms with van der Waals surface area (Å²) in [5.41, 5.74) is -2.39. The zero-order chi connectivity index (χ0) is 23.3. The van der Waals surface area contributed by atoms with E-state index in [0.29, 0.717) is 13.2 Å². The van der Waals surface area contributed by atoms with Gasteiger partial charge in [-0.2, -0.15) is 0 Å². The second-order valence-electron chi connectivity index (χ2n) is 9.83. The number of nitrogens with zero attached hydrogens (tertiary/aromatic N) is 2. The molecule has 0 aromatic carbocycles. The number of aliphatic hydroxyl groups is 1. The van der Waals surface area contributed by atoms with E-state index in [-0.39, 0.29) is 24.5 Å². The molecule has 4 rings (SSSR count). The molecule has 0 bridgehead atoms. The predicted molar refractivity (Wildman–Crippen MR) is 116 cm³/mol. The van der Waals surface area contributed by atoms with Crippen molar-refractivity contribution in [2.75, 3.05) is 19.8 Å². The van der Waals surface area contributed by atoms with Gasteiger partial charge in [0.05, 0.1) is 30.8 Å². The molecule has 0 radical (unpaired) electrons. The number of amides is 2. The van der Waals surface area contributed by atoms with Gasteiger partial charge in [-0.05, 0) is 47.0 Å². The molecule has 2 fully saturated rings. The molecule has 6 atom stereocenters. The summed E-state index contributed by atoms with van der Waals surface area (Å²) in [6.45, 7) is 7.75. The lowest BCUT2D eigenvalue weighted by Gasteiger charge is -2.40. The number of fused-ring (bicyclic) bond motifs is 2. The Balaban J connectivity index is 1.89. The van der Waals surface area contributed by atoms with Gasteiger partial charge in [0.2, 0.25) is 11.8 Å². The van der Waals surface area contributed by atoms with Crippen molar-refractivity contribution in [1.29, 1.82) is 0 Å². The smallest absolute Gasteiger partial charge is 0.313 e. The van der Waals surface area contributed by atoms with Crippen molar-refractivity contribution >= 4 is 17.8 Å². The molecule has 32 heavy (non-hydrogen) atoms. The van der Waals surface area contributed by atoms with Crippen molar-refractivity contribution < 1.29 is 29.0 Å². The molecule has 4 aliphatic heterocycles. The predicted octanol–water partition coefficient (Wildman–Crippen LogP) is 1.43. The molecule has 1 unspecified atom stereocenters. The Bertz CT molecular complexity index is 853. The number of rotatable bonds is 3. The van der Waals surface area contributed by atoms with Gasteiger partial charge in [0.15, 0.2) is 0 Å². The van der Waals surface area contributed by atoms with Gasteiger partial charge in [-0.15, -0.1) is 0 Å². The largest absolute Gasteiger partial charge is 0.465 e. The first-order valence-electron chi connectivity index (χ1n) is 11.6. The van der Waals surface area contributed by atoms with Gasteiger partial charge in [-0.1, -0.05) is 24.3 Å². The fraction of sp³-hybridized carbons (Fsp3) is 0.708. The Morgan fingerprint density at radius 2 is 1.84 bits per heavy atom. The van der Waals surface area contributed by atoms with Crippen LogP contribution in [0.5, 0.6) is 0 Å². The molecule has 2 amide bonds. The van der Waals surface area contributed by atoms with E-state index in [1.54, 1.807) is 18.7 Å². The van der Waals surface area contributed by atoms with Crippen LogP contribution in [0, 0.1) is 11.8 Å². The van der Waals surface area contributed by atoms with E-state index in [1.807, 2.05) is 38.2 Å². The highest BCUT2D eigenvalue weighted by atomic mass is 16.6. The van der Waals surface area contributed by atoms with Crippen molar-refractivity contribution in [3.63, 3.8) is 0 Å². The normalized spacial score (nSPS) is 39.3. The van der Waals surface area contributed by atoms with Crippen LogP contribution in [0.4, 0.5) is 0 Å². The van der Waals surface area contributed by atoms with Crippen molar-refractivity contribution in [3.8, 4) is 0 Å². The standard InChI is InChI=1S/C24H34N2O6/c1-15(2)25-12-9-11-24-17(20(28)26(16(3)14-27)19(24)21(25)29)18-22(30)31-13-8-6-5-7-10-23(18,4)32-24/h7,9-11,15-19,27H,5-6,8,12-14H2,1-4H3/b10-7-/t16-,17+,18+,19?,23-,24+/m1/s1. The van der Waals surface area contributed by atoms with Gasteiger partial charge in [0.25, 0.3) is 0 Å². The van der Waals surface area contributed by atoms with Crippen LogP contribution in [0.3, 0.4) is 0 Å². The lowest BCUT2D eigenvalue weighted by atomic mass is 9.74. The number of carbonyl (C=O) groups is 3. The molecule has 1 spiro atoms. The second-order valence-corrected chi connectivity index (χ2v) is 9.83. The molecule has 4 heterocycles. The van der Waals surface area contributed by atoms with E-state index in [0.717, 1.165) is 19.3 Å². The Morgan fingerprint density at radius 1 is 1.09 bits per heavy atom. The number of hydrogen-bond donors (Lipinski definition) is 1. The SMILES string of the molecule is CC(C)N1CC=C[C@]23O[C@]4(C)/C=C\CCCCOC(=O)[C@@H]4[C@H]2C(=O)N([C@H](C)CO)C3C1=O. The highest BCUT2D eigenvalue weighted by molar-refractivity contribution is 5.99. The number of likely N-dealkylation sites (tertiary alicyclic amines) is 1. The van der Waals surface area contributed by atoms with E-state index in [4.69, 9.17) is 9.47 Å². The van der Waals surface area contributed by atoms with Crippen LogP contribution in [0.15, 0.2) is 24.3 Å². The maximum Gasteiger partial charge on any atom is 0.313 e. The number of esters is 1. The lowest BCUT2D eigenvalue weighted by molar-refractivity contribution is -0.161. The lowest BCUT2D eigenvalue weighted by Crippen LogP contribution is -2.59. The summed E-state index contributed by atoms with van der Waals surface area (Å²) in [5.74, 6) is -2.85. The van der Waals surface area contributed by atoms with Crippen LogP contribution in [0.2, 0.25) is 0 Å². The average Bonchev–Trinajstić information content (AvgIpc) is 3.07. The Labute approximate surface area is 189 Å². The summed E-state index contributed by atoms with van der Waals surface area (Å²) in [7, 11) is 0. The minimum Gasteiger partial charge on any atom is -0.465 e. The molecule has 8 nitrogen and oxygen atoms in total. The number of hydrogen-bond acceptors (Lipinski definition) is 6. The third-order valence-electron chi connectivity index (χ3n) is 7.33. The van der Waals surface area contributed by atoms with Crippen molar-refractivity contribution in [2.24, 2.45) is 11.8 Å². The van der Waals surface area contributed by atoms with E-state index < -0.39 is 41.1 Å². The Morgan fingerprint density at radius 3 is 2.53 bits per heavy atom. The minimum atomic E-state index is -1.31. The summed E-state index contributed by atoms with van der Waals surface area (Å²) in [5, 5.41) is 9.90. The van der Waals surface area contributed by atoms with E-state index >= 15 is 0 Å². The maximum atomic E-state index is 13.9. The van der Waals surface area contributed by atoms with Crippen LogP contribution >= 0.6 is 0 Å². The second kappa shape index (κ2) is 8.30. The van der Waals surface area contributed by atoms with E-state index in [9.17, 15) is 19.5 Å². The first kappa shape index (κ1) is 23.0. The highest BCUT2D eigenvalue weighted by Crippen LogP contribution is 2.57. The quantitative estimate of drug-likeness (QED) is 0.520. The van der Waals surface area contributed by atoms with Crippen molar-refractivity contribution in [2.45, 2.75) is 76.3 Å². The molecular formula is C24H34N2O6. The molecule has 1 N–H and O–H groups in total. The van der Waals surface area contributed by atoms with Crippen LogP contribution < -0.4 is 0 Å². The average molecular weight is 447 g/mol. The molecule has 0 aromatic rings. The molecule has 8 heteroatoms. The van der Waals surface area contributed by atoms with Crippen LogP contribution in [0.25, 0.3) is 0 Å². The van der Waals surface area contributed by atoms with E-state index in [1.165, 1.54) is 4.90 Å². The molecule has 0 aromatic heterocycles. The summed E-state index contributed by atoms with van der Waals surface area (Å²) >= 11 is 0. The van der Waals surface area contributed by atoms with Gasteiger partial charge < -0.3 is 24.4 Å². The fourth-order valence-corrected chi connectivity index (χ4v) is 5.78. The fourth-order valence-electron chi connectivity index (χ4n) is 5.78. The van der Waals surface area contributed by atoms with Gasteiger partial charge >= 0.3 is 5.97 Å². The molecule has 0 aliphatic carbocycles. The monoisotopic (exact) mass is 446 g/mol. The van der Waals surface area contributed by atoms with Gasteiger partial charge in [0.1, 0.15) is 17.6 Å². The summed E-state index contributed by atoms with van der Waals surface area (Å²) in [6.07, 6.45) is 10.0. The van der Waals surface area contributed by atoms with Crippen LogP contribution in [-0.4, -0.2) is 81.8 Å². The maximum absolute atomic E-state index is 13.9. The van der Waals surface area contributed by atoms with E-state index in [2.05, 4.69) is 0 Å². The number of cyclic esters (lactones) is 1. The minimum absolute atomic E-state index is 0.0784. The first-order valence-corrected chi connectivity index (χ1v) is 11.6. The van der Waals surface area contributed by atoms with Crippen molar-refractivity contribution in [3.05, 3.63) is 24.3 Å². The third-order valence-corrected chi connectivity index (χ3v) is 7.33. The molecule has 4 aliphatic rings. The topological polar surface area (TPSA) is 96.4 Å². The summed E-state index contributed by atoms with van der Waals surface area (Å²) in [6, 6.07) is -1.63. The number of aliphatic hydroxyl groups excluding tert-OH is 1. The first-order chi connectivity index (χ1) is 15.2. The molecule has 2 saturated heterocycles. The number of ether oxygens (including phenoxy) is 2. The zero-order valence-corrected chi connectivity index (χ0v) is 19.3. The van der Waals surface area contributed by atoms with Crippen LogP contribution in [-0.2, 0) is 23.9 Å². The Hall–Kier alpha value is -2.19. The summed E-state index contributed by atoms with van der Waals surface area (Å²) in [4.78, 5) is 44.1.